The van der Waals surface area contributed by atoms with Crippen molar-refractivity contribution >= 4 is 5.97 Å². The smallest absolute Gasteiger partial charge is 0.303 e. The minimum absolute atomic E-state index is 0.00467. The Morgan fingerprint density at radius 1 is 0.973 bits per heavy atom. The first-order chi connectivity index (χ1) is 17.0. The molecule has 5 aliphatic rings. The summed E-state index contributed by atoms with van der Waals surface area (Å²) >= 11 is 0. The molecule has 5 nitrogen and oxygen atoms in total. The summed E-state index contributed by atoms with van der Waals surface area (Å²) in [5, 5.41) is 33.1. The molecule has 0 bridgehead atoms. The van der Waals surface area contributed by atoms with E-state index < -0.39 is 17.5 Å². The number of fused-ring (bicyclic) bond motifs is 7. The van der Waals surface area contributed by atoms with E-state index >= 15 is 0 Å². The fourth-order valence-electron chi connectivity index (χ4n) is 11.6. The molecule has 4 saturated carbocycles. The second-order valence-electron chi connectivity index (χ2n) is 16.0. The number of aliphatic hydroxyl groups is 2. The van der Waals surface area contributed by atoms with E-state index in [4.69, 9.17) is 6.57 Å². The molecular formula is C32H49NO4. The Balaban J connectivity index is 1.60. The van der Waals surface area contributed by atoms with Gasteiger partial charge in [0.05, 0.1) is 19.1 Å². The van der Waals surface area contributed by atoms with Gasteiger partial charge in [-0.15, -0.1) is 0 Å². The normalized spacial score (nSPS) is 50.1. The first-order valence-corrected chi connectivity index (χ1v) is 14.7. The molecule has 0 aromatic heterocycles. The molecule has 4 fully saturated rings. The summed E-state index contributed by atoms with van der Waals surface area (Å²) in [4.78, 5) is 15.9. The van der Waals surface area contributed by atoms with Crippen LogP contribution in [-0.2, 0) is 4.79 Å². The van der Waals surface area contributed by atoms with Crippen LogP contribution >= 0.6 is 0 Å². The zero-order valence-corrected chi connectivity index (χ0v) is 24.2. The van der Waals surface area contributed by atoms with Gasteiger partial charge >= 0.3 is 5.97 Å². The van der Waals surface area contributed by atoms with Crippen LogP contribution in [0, 0.1) is 62.7 Å². The van der Waals surface area contributed by atoms with Crippen molar-refractivity contribution in [1.29, 1.82) is 0 Å². The predicted octanol–water partition coefficient (Wildman–Crippen LogP) is 7.61. The summed E-state index contributed by atoms with van der Waals surface area (Å²) < 4.78 is 0. The Kier molecular flexibility index (Phi) is 5.84. The third kappa shape index (κ3) is 3.46. The summed E-state index contributed by atoms with van der Waals surface area (Å²) in [6.07, 6.45) is 8.02. The first kappa shape index (κ1) is 27.0. The molecule has 0 radical (unpaired) electrons. The van der Waals surface area contributed by atoms with E-state index in [1.165, 1.54) is 0 Å². The Hall–Kier alpha value is -1.54. The van der Waals surface area contributed by atoms with Gasteiger partial charge in [0.1, 0.15) is 5.76 Å². The van der Waals surface area contributed by atoms with Crippen LogP contribution in [0.3, 0.4) is 0 Å². The Bertz CT molecular complexity index is 1070. The van der Waals surface area contributed by atoms with Gasteiger partial charge in [0.15, 0.2) is 0 Å². The summed E-state index contributed by atoms with van der Waals surface area (Å²) in [5.74, 6) is 0.410. The van der Waals surface area contributed by atoms with Crippen molar-refractivity contribution in [2.75, 3.05) is 0 Å². The topological polar surface area (TPSA) is 82.1 Å². The van der Waals surface area contributed by atoms with Gasteiger partial charge in [0.2, 0.25) is 5.70 Å². The van der Waals surface area contributed by atoms with Gasteiger partial charge in [-0.05, 0) is 109 Å². The largest absolute Gasteiger partial charge is 0.523 e. The van der Waals surface area contributed by atoms with Crippen LogP contribution in [0.15, 0.2) is 11.5 Å². The quantitative estimate of drug-likeness (QED) is 0.333. The fourth-order valence-corrected chi connectivity index (χ4v) is 11.6. The van der Waals surface area contributed by atoms with Crippen LogP contribution in [0.25, 0.3) is 4.85 Å². The number of carboxylic acid groups (broad SMARTS) is 1. The molecule has 0 aliphatic heterocycles. The van der Waals surface area contributed by atoms with Crippen LogP contribution < -0.4 is 0 Å². The van der Waals surface area contributed by atoms with Crippen LogP contribution in [0.1, 0.15) is 113 Å². The minimum Gasteiger partial charge on any atom is -0.523 e. The van der Waals surface area contributed by atoms with Crippen molar-refractivity contribution in [3.8, 4) is 0 Å². The van der Waals surface area contributed by atoms with E-state index in [-0.39, 0.29) is 62.9 Å². The number of nitrogens with zero attached hydrogens (tertiary/aromatic N) is 1. The monoisotopic (exact) mass is 511 g/mol. The summed E-state index contributed by atoms with van der Waals surface area (Å²) in [7, 11) is 0. The molecule has 0 spiro atoms. The van der Waals surface area contributed by atoms with E-state index in [0.29, 0.717) is 18.5 Å². The van der Waals surface area contributed by atoms with Gasteiger partial charge in [0, 0.05) is 5.41 Å². The summed E-state index contributed by atoms with van der Waals surface area (Å²) in [6.45, 7) is 23.9. The third-order valence-corrected chi connectivity index (χ3v) is 13.6. The number of aliphatic hydroxyl groups excluding tert-OH is 2. The van der Waals surface area contributed by atoms with Crippen molar-refractivity contribution in [3.05, 3.63) is 22.9 Å². The highest BCUT2D eigenvalue weighted by Gasteiger charge is 2.72. The average Bonchev–Trinajstić information content (AvgIpc) is 2.78. The molecule has 9 atom stereocenters. The van der Waals surface area contributed by atoms with Gasteiger partial charge in [0.25, 0.3) is 0 Å². The number of hydrogen-bond donors (Lipinski definition) is 3. The molecule has 5 heteroatoms. The minimum atomic E-state index is -0.696. The SMILES string of the molecule is [C-]#[N+]C1=C(O)C(C)(C)[C@@H]2CC[C@]3(C)[C@H](C[C@@H](O)[C@@H]4[C@@H]5CC(C)(C)CC[C@]5(CC(=O)O)CC[C@]43C)[C@@]2(C)C1. The lowest BCUT2D eigenvalue weighted by atomic mass is 9.31. The Morgan fingerprint density at radius 3 is 2.24 bits per heavy atom. The summed E-state index contributed by atoms with van der Waals surface area (Å²) in [5.41, 5.74) is -0.258. The van der Waals surface area contributed by atoms with Crippen LogP contribution in [-0.4, -0.2) is 27.4 Å². The van der Waals surface area contributed by atoms with Crippen molar-refractivity contribution in [2.45, 2.75) is 119 Å². The Morgan fingerprint density at radius 2 is 1.62 bits per heavy atom. The number of hydrogen-bond acceptors (Lipinski definition) is 3. The van der Waals surface area contributed by atoms with Crippen LogP contribution in [0.5, 0.6) is 0 Å². The zero-order chi connectivity index (χ0) is 27.4. The maximum atomic E-state index is 12.1. The number of rotatable bonds is 2. The standard InChI is InChI=1S/C32H49NO4/c1-27(2)11-13-32(18-24(35)36)14-12-31(7)25(19(32)16-27)21(34)15-23-29(5)17-20(33-8)26(37)28(3,4)22(29)9-10-30(23,31)6/h19,21-23,25,34,37H,9-18H2,1-7H3,(H,35,36)/t19-,21+,22-,23+,25-,29-,30+,31+,32+/m0/s1. The highest BCUT2D eigenvalue weighted by atomic mass is 16.4. The summed E-state index contributed by atoms with van der Waals surface area (Å²) in [6, 6.07) is 0. The number of carboxylic acids is 1. The molecule has 0 amide bonds. The van der Waals surface area contributed by atoms with E-state index in [9.17, 15) is 20.1 Å². The molecule has 37 heavy (non-hydrogen) atoms. The van der Waals surface area contributed by atoms with E-state index in [2.05, 4.69) is 53.3 Å². The van der Waals surface area contributed by atoms with Gasteiger partial charge in [-0.2, -0.15) is 0 Å². The molecule has 0 saturated heterocycles. The lowest BCUT2D eigenvalue weighted by molar-refractivity contribution is -0.269. The Labute approximate surface area is 223 Å². The fraction of sp³-hybridized carbons (Fsp3) is 0.875. The van der Waals surface area contributed by atoms with Gasteiger partial charge in [-0.25, -0.2) is 4.85 Å². The lowest BCUT2D eigenvalue weighted by Crippen LogP contribution is -2.69. The second-order valence-corrected chi connectivity index (χ2v) is 16.0. The van der Waals surface area contributed by atoms with E-state index in [0.717, 1.165) is 44.9 Å². The zero-order valence-electron chi connectivity index (χ0n) is 24.2. The maximum Gasteiger partial charge on any atom is 0.303 e. The van der Waals surface area contributed by atoms with Crippen molar-refractivity contribution in [3.63, 3.8) is 0 Å². The van der Waals surface area contributed by atoms with Crippen LogP contribution in [0.4, 0.5) is 0 Å². The number of carbonyl (C=O) groups is 1. The maximum absolute atomic E-state index is 12.1. The lowest BCUT2D eigenvalue weighted by Gasteiger charge is -2.74. The molecule has 5 aliphatic carbocycles. The molecule has 3 N–H and O–H groups in total. The first-order valence-electron chi connectivity index (χ1n) is 14.7. The molecule has 0 aromatic rings. The predicted molar refractivity (Wildman–Crippen MR) is 144 cm³/mol. The molecular weight excluding hydrogens is 462 g/mol. The van der Waals surface area contributed by atoms with Gasteiger partial charge in [-0.3, -0.25) is 4.79 Å². The number of allylic oxidation sites excluding steroid dienone is 2. The molecule has 206 valence electrons. The van der Waals surface area contributed by atoms with E-state index in [1.807, 2.05) is 0 Å². The third-order valence-electron chi connectivity index (χ3n) is 13.6. The molecule has 0 aromatic carbocycles. The number of aliphatic carboxylic acids is 1. The highest BCUT2D eigenvalue weighted by Crippen LogP contribution is 2.77. The molecule has 5 rings (SSSR count). The van der Waals surface area contributed by atoms with Gasteiger partial charge in [-0.1, -0.05) is 48.5 Å². The van der Waals surface area contributed by atoms with Gasteiger partial charge < -0.3 is 15.3 Å². The van der Waals surface area contributed by atoms with E-state index in [1.54, 1.807) is 0 Å². The van der Waals surface area contributed by atoms with Crippen molar-refractivity contribution in [2.24, 2.45) is 56.2 Å². The highest BCUT2D eigenvalue weighted by molar-refractivity contribution is 5.68. The van der Waals surface area contributed by atoms with Crippen molar-refractivity contribution < 1.29 is 20.1 Å². The average molecular weight is 512 g/mol. The second kappa shape index (κ2) is 8.00. The van der Waals surface area contributed by atoms with Crippen molar-refractivity contribution in [1.82, 2.24) is 0 Å². The molecule has 0 heterocycles. The molecule has 0 unspecified atom stereocenters. The van der Waals surface area contributed by atoms with Crippen LogP contribution in [0.2, 0.25) is 0 Å².